The van der Waals surface area contributed by atoms with Crippen LogP contribution in [0.1, 0.15) is 24.8 Å². The molecule has 1 heteroatoms. The third kappa shape index (κ3) is 2.05. The van der Waals surface area contributed by atoms with Crippen LogP contribution in [0.3, 0.4) is 0 Å². The molecule has 0 N–H and O–H groups in total. The monoisotopic (exact) mass is 188 g/mol. The summed E-state index contributed by atoms with van der Waals surface area (Å²) in [6.07, 6.45) is 3.81. The van der Waals surface area contributed by atoms with E-state index in [1.54, 1.807) is 0 Å². The van der Waals surface area contributed by atoms with Gasteiger partial charge in [-0.25, -0.2) is 0 Å². The molecule has 0 amide bonds. The van der Waals surface area contributed by atoms with Gasteiger partial charge in [0.2, 0.25) is 0 Å². The van der Waals surface area contributed by atoms with Crippen LogP contribution in [0.2, 0.25) is 0 Å². The van der Waals surface area contributed by atoms with Gasteiger partial charge in [-0.3, -0.25) is 0 Å². The van der Waals surface area contributed by atoms with Crippen molar-refractivity contribution in [3.63, 3.8) is 0 Å². The van der Waals surface area contributed by atoms with E-state index < -0.39 is 0 Å². The van der Waals surface area contributed by atoms with Gasteiger partial charge in [-0.15, -0.1) is 0 Å². The maximum atomic E-state index is 5.69. The fourth-order valence-corrected chi connectivity index (χ4v) is 1.85. The molecule has 0 spiro atoms. The van der Waals surface area contributed by atoms with Crippen molar-refractivity contribution in [2.75, 3.05) is 6.61 Å². The molecule has 74 valence electrons. The summed E-state index contributed by atoms with van der Waals surface area (Å²) in [7, 11) is 0. The molecule has 1 aliphatic heterocycles. The molecule has 1 fully saturated rings. The Kier molecular flexibility index (Phi) is 3.00. The first kappa shape index (κ1) is 9.47. The summed E-state index contributed by atoms with van der Waals surface area (Å²) in [5.41, 5.74) is 2.34. The highest BCUT2D eigenvalue weighted by Crippen LogP contribution is 2.25. The van der Waals surface area contributed by atoms with Gasteiger partial charge in [0.1, 0.15) is 0 Å². The fourth-order valence-electron chi connectivity index (χ4n) is 1.85. The van der Waals surface area contributed by atoms with Crippen molar-refractivity contribution in [3.8, 4) is 0 Å². The Labute approximate surface area is 85.4 Å². The van der Waals surface area contributed by atoms with Gasteiger partial charge < -0.3 is 4.74 Å². The molecule has 0 unspecified atom stereocenters. The van der Waals surface area contributed by atoms with Gasteiger partial charge in [0.25, 0.3) is 0 Å². The minimum absolute atomic E-state index is 0.242. The first-order valence-electron chi connectivity index (χ1n) is 5.24. The average Bonchev–Trinajstić information content (AvgIpc) is 2.30. The highest BCUT2D eigenvalue weighted by molar-refractivity contribution is 5.66. The first-order chi connectivity index (χ1) is 6.88. The topological polar surface area (TPSA) is 9.23 Å². The third-order valence-electron chi connectivity index (χ3n) is 2.71. The lowest BCUT2D eigenvalue weighted by Gasteiger charge is -2.24. The van der Waals surface area contributed by atoms with Crippen LogP contribution in [-0.4, -0.2) is 12.7 Å². The van der Waals surface area contributed by atoms with E-state index in [1.165, 1.54) is 18.4 Å². The molecular weight excluding hydrogens is 172 g/mol. The average molecular weight is 188 g/mol. The van der Waals surface area contributed by atoms with E-state index in [0.29, 0.717) is 0 Å². The van der Waals surface area contributed by atoms with Crippen LogP contribution in [0.15, 0.2) is 36.9 Å². The Bertz CT molecular complexity index is 296. The molecule has 0 bridgehead atoms. The maximum absolute atomic E-state index is 5.69. The molecule has 1 aliphatic rings. The summed E-state index contributed by atoms with van der Waals surface area (Å²) < 4.78 is 5.69. The Morgan fingerprint density at radius 3 is 2.64 bits per heavy atom. The van der Waals surface area contributed by atoms with Crippen LogP contribution in [-0.2, 0) is 4.74 Å². The molecule has 1 aromatic rings. The van der Waals surface area contributed by atoms with E-state index in [1.807, 2.05) is 18.2 Å². The standard InChI is InChI=1S/C13H16O/c1-11(12-7-3-2-4-8-12)13-9-5-6-10-14-13/h2-4,7-8,13H,1,5-6,9-10H2/t13-/m1/s1. The Morgan fingerprint density at radius 1 is 1.21 bits per heavy atom. The largest absolute Gasteiger partial charge is 0.374 e. The summed E-state index contributed by atoms with van der Waals surface area (Å²) in [4.78, 5) is 0. The second kappa shape index (κ2) is 4.43. The fraction of sp³-hybridized carbons (Fsp3) is 0.385. The number of hydrogen-bond donors (Lipinski definition) is 0. The number of ether oxygens (including phenoxy) is 1. The first-order valence-corrected chi connectivity index (χ1v) is 5.24. The summed E-state index contributed by atoms with van der Waals surface area (Å²) in [5, 5.41) is 0. The van der Waals surface area contributed by atoms with E-state index in [0.717, 1.165) is 18.6 Å². The Balaban J connectivity index is 2.07. The number of benzene rings is 1. The van der Waals surface area contributed by atoms with Crippen LogP contribution >= 0.6 is 0 Å². The van der Waals surface area contributed by atoms with E-state index in [2.05, 4.69) is 18.7 Å². The second-order valence-electron chi connectivity index (χ2n) is 3.75. The molecule has 0 radical (unpaired) electrons. The predicted octanol–water partition coefficient (Wildman–Crippen LogP) is 3.27. The highest BCUT2D eigenvalue weighted by atomic mass is 16.5. The summed E-state index contributed by atoms with van der Waals surface area (Å²) >= 11 is 0. The molecule has 1 heterocycles. The van der Waals surface area contributed by atoms with Crippen LogP contribution < -0.4 is 0 Å². The van der Waals surface area contributed by atoms with Gasteiger partial charge in [0.15, 0.2) is 0 Å². The molecule has 1 atom stereocenters. The molecule has 14 heavy (non-hydrogen) atoms. The van der Waals surface area contributed by atoms with E-state index >= 15 is 0 Å². The smallest absolute Gasteiger partial charge is 0.0825 e. The van der Waals surface area contributed by atoms with E-state index in [9.17, 15) is 0 Å². The molecule has 1 saturated heterocycles. The van der Waals surface area contributed by atoms with Gasteiger partial charge in [-0.2, -0.15) is 0 Å². The number of hydrogen-bond acceptors (Lipinski definition) is 1. The normalized spacial score (nSPS) is 21.9. The predicted molar refractivity (Wildman–Crippen MR) is 59.1 cm³/mol. The zero-order valence-electron chi connectivity index (χ0n) is 8.41. The van der Waals surface area contributed by atoms with Crippen LogP contribution in [0, 0.1) is 0 Å². The van der Waals surface area contributed by atoms with Crippen molar-refractivity contribution in [1.29, 1.82) is 0 Å². The van der Waals surface area contributed by atoms with Crippen LogP contribution in [0.25, 0.3) is 5.57 Å². The highest BCUT2D eigenvalue weighted by Gasteiger charge is 2.17. The lowest BCUT2D eigenvalue weighted by atomic mass is 9.97. The molecular formula is C13H16O. The summed E-state index contributed by atoms with van der Waals surface area (Å²) in [6, 6.07) is 10.3. The van der Waals surface area contributed by atoms with Crippen LogP contribution in [0.4, 0.5) is 0 Å². The Morgan fingerprint density at radius 2 is 2.00 bits per heavy atom. The van der Waals surface area contributed by atoms with Gasteiger partial charge in [-0.05, 0) is 30.4 Å². The second-order valence-corrected chi connectivity index (χ2v) is 3.75. The van der Waals surface area contributed by atoms with E-state index in [-0.39, 0.29) is 6.10 Å². The van der Waals surface area contributed by atoms with Gasteiger partial charge in [0, 0.05) is 6.61 Å². The van der Waals surface area contributed by atoms with Crippen LogP contribution in [0.5, 0.6) is 0 Å². The lowest BCUT2D eigenvalue weighted by Crippen LogP contribution is -2.19. The molecule has 0 saturated carbocycles. The third-order valence-corrected chi connectivity index (χ3v) is 2.71. The zero-order valence-corrected chi connectivity index (χ0v) is 8.41. The Hall–Kier alpha value is -1.08. The number of rotatable bonds is 2. The van der Waals surface area contributed by atoms with E-state index in [4.69, 9.17) is 4.74 Å². The van der Waals surface area contributed by atoms with Gasteiger partial charge in [0.05, 0.1) is 6.10 Å². The minimum atomic E-state index is 0.242. The maximum Gasteiger partial charge on any atom is 0.0825 e. The molecule has 0 aliphatic carbocycles. The van der Waals surface area contributed by atoms with Crippen molar-refractivity contribution in [3.05, 3.63) is 42.5 Å². The summed E-state index contributed by atoms with van der Waals surface area (Å²) in [5.74, 6) is 0. The summed E-state index contributed by atoms with van der Waals surface area (Å²) in [6.45, 7) is 5.01. The minimum Gasteiger partial charge on any atom is -0.374 e. The molecule has 2 rings (SSSR count). The van der Waals surface area contributed by atoms with Crippen molar-refractivity contribution < 1.29 is 4.74 Å². The van der Waals surface area contributed by atoms with Crippen molar-refractivity contribution in [1.82, 2.24) is 0 Å². The lowest BCUT2D eigenvalue weighted by molar-refractivity contribution is 0.0530. The van der Waals surface area contributed by atoms with Gasteiger partial charge >= 0.3 is 0 Å². The van der Waals surface area contributed by atoms with Gasteiger partial charge in [-0.1, -0.05) is 36.9 Å². The SMILES string of the molecule is C=C(c1ccccc1)[C@H]1CCCCO1. The van der Waals surface area contributed by atoms with Crippen molar-refractivity contribution in [2.24, 2.45) is 0 Å². The zero-order chi connectivity index (χ0) is 9.80. The van der Waals surface area contributed by atoms with Crippen molar-refractivity contribution >= 4 is 5.57 Å². The molecule has 1 aromatic carbocycles. The van der Waals surface area contributed by atoms with Crippen molar-refractivity contribution in [2.45, 2.75) is 25.4 Å². The molecule has 0 aromatic heterocycles. The molecule has 1 nitrogen and oxygen atoms in total. The quantitative estimate of drug-likeness (QED) is 0.692.